The first-order chi connectivity index (χ1) is 13.0. The highest BCUT2D eigenvalue weighted by molar-refractivity contribution is 9.10. The van der Waals surface area contributed by atoms with Crippen LogP contribution in [0.4, 0.5) is 0 Å². The van der Waals surface area contributed by atoms with Crippen molar-refractivity contribution < 1.29 is 9.84 Å². The number of phenols is 1. The van der Waals surface area contributed by atoms with Crippen molar-refractivity contribution in [2.24, 2.45) is 0 Å². The molecule has 0 aliphatic heterocycles. The smallest absolute Gasteiger partial charge is 0.274 e. The van der Waals surface area contributed by atoms with Crippen LogP contribution in [0.15, 0.2) is 45.9 Å². The summed E-state index contributed by atoms with van der Waals surface area (Å²) in [6.45, 7) is 1.91. The monoisotopic (exact) mass is 443 g/mol. The number of thiazole rings is 1. The Balaban J connectivity index is 1.82. The second-order valence-electron chi connectivity index (χ2n) is 5.93. The molecule has 3 heterocycles. The number of aryl methyl sites for hydroxylation is 1. The van der Waals surface area contributed by atoms with Gasteiger partial charge in [-0.3, -0.25) is 14.2 Å². The molecular weight excluding hydrogens is 430 g/mol. The Kier molecular flexibility index (Phi) is 4.45. The zero-order valence-electron chi connectivity index (χ0n) is 14.4. The zero-order chi connectivity index (χ0) is 19.1. The molecule has 4 rings (SSSR count). The number of pyridine rings is 1. The van der Waals surface area contributed by atoms with Gasteiger partial charge in [-0.15, -0.1) is 0 Å². The van der Waals surface area contributed by atoms with E-state index in [1.807, 2.05) is 19.1 Å². The second-order valence-corrected chi connectivity index (χ2v) is 7.80. The van der Waals surface area contributed by atoms with Gasteiger partial charge in [-0.25, -0.2) is 4.98 Å². The molecule has 3 aromatic heterocycles. The Hall–Kier alpha value is -2.71. The van der Waals surface area contributed by atoms with E-state index >= 15 is 0 Å². The highest BCUT2D eigenvalue weighted by Crippen LogP contribution is 2.35. The molecule has 0 atom stereocenters. The quantitative estimate of drug-likeness (QED) is 0.526. The van der Waals surface area contributed by atoms with Gasteiger partial charge in [0.1, 0.15) is 0 Å². The van der Waals surface area contributed by atoms with Gasteiger partial charge in [0.2, 0.25) is 0 Å². The van der Waals surface area contributed by atoms with E-state index in [0.717, 1.165) is 22.5 Å². The molecule has 0 radical (unpaired) electrons. The molecule has 0 bridgehead atoms. The molecule has 8 heteroatoms. The number of nitrogens with zero attached hydrogens (tertiary/aromatic N) is 3. The van der Waals surface area contributed by atoms with Gasteiger partial charge in [0.25, 0.3) is 5.56 Å². The summed E-state index contributed by atoms with van der Waals surface area (Å²) in [6, 6.07) is 7.21. The van der Waals surface area contributed by atoms with Crippen LogP contribution in [-0.4, -0.2) is 26.6 Å². The Labute approximate surface area is 166 Å². The number of aromatic hydroxyl groups is 1. The first-order valence-corrected chi connectivity index (χ1v) is 9.60. The first kappa shape index (κ1) is 17.7. The van der Waals surface area contributed by atoms with E-state index in [-0.39, 0.29) is 11.3 Å². The number of methoxy groups -OCH3 is 1. The van der Waals surface area contributed by atoms with Gasteiger partial charge in [0.05, 0.1) is 21.8 Å². The molecular formula is C19H14BrN3O3S. The van der Waals surface area contributed by atoms with Crippen molar-refractivity contribution in [1.82, 2.24) is 14.4 Å². The number of aromatic nitrogens is 3. The molecule has 0 saturated heterocycles. The van der Waals surface area contributed by atoms with Crippen LogP contribution in [0, 0.1) is 6.92 Å². The van der Waals surface area contributed by atoms with Crippen LogP contribution in [0.1, 0.15) is 11.3 Å². The maximum atomic E-state index is 12.7. The van der Waals surface area contributed by atoms with Crippen molar-refractivity contribution in [2.75, 3.05) is 7.11 Å². The van der Waals surface area contributed by atoms with E-state index in [4.69, 9.17) is 4.74 Å². The third-order valence-corrected chi connectivity index (χ3v) is 5.65. The summed E-state index contributed by atoms with van der Waals surface area (Å²) in [7, 11) is 1.48. The average Bonchev–Trinajstić information content (AvgIpc) is 3.18. The molecule has 1 N–H and O–H groups in total. The largest absolute Gasteiger partial charge is 0.503 e. The Morgan fingerprint density at radius 1 is 1.33 bits per heavy atom. The van der Waals surface area contributed by atoms with Gasteiger partial charge < -0.3 is 9.84 Å². The van der Waals surface area contributed by atoms with Crippen LogP contribution < -0.4 is 14.8 Å². The van der Waals surface area contributed by atoms with Crippen LogP contribution in [0.3, 0.4) is 0 Å². The predicted octanol–water partition coefficient (Wildman–Crippen LogP) is 3.15. The van der Waals surface area contributed by atoms with Crippen LogP contribution in [-0.2, 0) is 0 Å². The van der Waals surface area contributed by atoms with Crippen LogP contribution in [0.2, 0.25) is 0 Å². The number of hydrogen-bond donors (Lipinski definition) is 1. The van der Waals surface area contributed by atoms with E-state index in [0.29, 0.717) is 19.7 Å². The maximum absolute atomic E-state index is 12.7. The van der Waals surface area contributed by atoms with Gasteiger partial charge in [0.15, 0.2) is 16.5 Å². The van der Waals surface area contributed by atoms with Crippen molar-refractivity contribution in [3.8, 4) is 22.8 Å². The molecule has 0 fully saturated rings. The summed E-state index contributed by atoms with van der Waals surface area (Å²) in [5.74, 6) is 0.356. The summed E-state index contributed by atoms with van der Waals surface area (Å²) < 4.78 is 7.75. The van der Waals surface area contributed by atoms with Crippen molar-refractivity contribution in [3.63, 3.8) is 0 Å². The number of hydrogen-bond acceptors (Lipinski definition) is 6. The van der Waals surface area contributed by atoms with Crippen molar-refractivity contribution in [2.45, 2.75) is 6.92 Å². The van der Waals surface area contributed by atoms with Crippen LogP contribution in [0.5, 0.6) is 11.5 Å². The summed E-state index contributed by atoms with van der Waals surface area (Å²) in [5.41, 5.74) is 3.16. The molecule has 6 nitrogen and oxygen atoms in total. The van der Waals surface area contributed by atoms with Crippen LogP contribution >= 0.6 is 27.3 Å². The molecule has 0 spiro atoms. The number of fused-ring (bicyclic) bond motifs is 1. The summed E-state index contributed by atoms with van der Waals surface area (Å²) in [6.07, 6.45) is 5.23. The number of phenolic OH excluding ortho intramolecular Hbond substituents is 1. The molecule has 0 unspecified atom stereocenters. The molecule has 4 aromatic rings. The molecule has 27 heavy (non-hydrogen) atoms. The summed E-state index contributed by atoms with van der Waals surface area (Å²) >= 11 is 4.60. The lowest BCUT2D eigenvalue weighted by Gasteiger charge is -2.06. The molecule has 0 aliphatic carbocycles. The fourth-order valence-electron chi connectivity index (χ4n) is 2.76. The number of ether oxygens (including phenoxy) is 1. The van der Waals surface area contributed by atoms with Crippen molar-refractivity contribution in [3.05, 3.63) is 67.3 Å². The van der Waals surface area contributed by atoms with Gasteiger partial charge in [0, 0.05) is 23.7 Å². The highest BCUT2D eigenvalue weighted by Gasteiger charge is 2.12. The fourth-order valence-corrected chi connectivity index (χ4v) is 4.18. The number of benzene rings is 1. The zero-order valence-corrected chi connectivity index (χ0v) is 16.8. The van der Waals surface area contributed by atoms with Crippen molar-refractivity contribution >= 4 is 38.3 Å². The standard InChI is InChI=1S/C19H14BrN3O3S/c1-10-5-12(3-4-21-10)14-9-23-18(25)16(27-19(23)22-14)8-11-6-13(20)17(24)15(7-11)26-2/h3-9,24H,1-2H3/b16-8-. The SMILES string of the molecule is COc1cc(/C=c2\sc3nc(-c4ccnc(C)c4)cn3c2=O)cc(Br)c1O. The van der Waals surface area contributed by atoms with Gasteiger partial charge in [-0.1, -0.05) is 11.3 Å². The molecule has 0 amide bonds. The van der Waals surface area contributed by atoms with Crippen LogP contribution in [0.25, 0.3) is 22.3 Å². The molecule has 1 aromatic carbocycles. The lowest BCUT2D eigenvalue weighted by molar-refractivity contribution is 0.372. The maximum Gasteiger partial charge on any atom is 0.274 e. The van der Waals surface area contributed by atoms with Gasteiger partial charge in [-0.05, 0) is 58.8 Å². The highest BCUT2D eigenvalue weighted by atomic mass is 79.9. The first-order valence-electron chi connectivity index (χ1n) is 7.99. The van der Waals surface area contributed by atoms with Gasteiger partial charge >= 0.3 is 0 Å². The summed E-state index contributed by atoms with van der Waals surface area (Å²) in [5, 5.41) is 9.92. The van der Waals surface area contributed by atoms with E-state index in [2.05, 4.69) is 25.9 Å². The van der Waals surface area contributed by atoms with E-state index in [1.54, 1.807) is 35.0 Å². The second kappa shape index (κ2) is 6.79. The van der Waals surface area contributed by atoms with Gasteiger partial charge in [-0.2, -0.15) is 0 Å². The normalized spacial score (nSPS) is 12.0. The van der Waals surface area contributed by atoms with Crippen molar-refractivity contribution in [1.29, 1.82) is 0 Å². The number of halogens is 1. The van der Waals surface area contributed by atoms with E-state index in [9.17, 15) is 9.90 Å². The topological polar surface area (TPSA) is 76.7 Å². The molecule has 136 valence electrons. The Morgan fingerprint density at radius 3 is 2.85 bits per heavy atom. The minimum absolute atomic E-state index is 0.0234. The third kappa shape index (κ3) is 3.22. The molecule has 0 saturated carbocycles. The lowest BCUT2D eigenvalue weighted by atomic mass is 10.2. The molecule has 0 aliphatic rings. The third-order valence-electron chi connectivity index (χ3n) is 4.07. The average molecular weight is 444 g/mol. The predicted molar refractivity (Wildman–Crippen MR) is 108 cm³/mol. The lowest BCUT2D eigenvalue weighted by Crippen LogP contribution is -2.22. The van der Waals surface area contributed by atoms with E-state index < -0.39 is 0 Å². The summed E-state index contributed by atoms with van der Waals surface area (Å²) in [4.78, 5) is 22.1. The number of imidazole rings is 1. The number of rotatable bonds is 3. The minimum Gasteiger partial charge on any atom is -0.503 e. The minimum atomic E-state index is -0.136. The Bertz CT molecular complexity index is 1280. The Morgan fingerprint density at radius 2 is 2.15 bits per heavy atom. The fraction of sp³-hybridized carbons (Fsp3) is 0.105. The van der Waals surface area contributed by atoms with E-state index in [1.165, 1.54) is 18.4 Å².